The Balaban J connectivity index is 1.77. The van der Waals surface area contributed by atoms with E-state index in [0.29, 0.717) is 28.6 Å². The first kappa shape index (κ1) is 17.9. The minimum Gasteiger partial charge on any atom is -0.493 e. The van der Waals surface area contributed by atoms with Gasteiger partial charge in [-0.15, -0.1) is 11.3 Å². The first-order valence-electron chi connectivity index (χ1n) is 8.01. The molecule has 134 valence electrons. The fourth-order valence-electron chi connectivity index (χ4n) is 2.55. The molecule has 1 N–H and O–H groups in total. The number of para-hydroxylation sites is 1. The Morgan fingerprint density at radius 1 is 1.15 bits per heavy atom. The summed E-state index contributed by atoms with van der Waals surface area (Å²) in [6, 6.07) is 11.2. The van der Waals surface area contributed by atoms with Gasteiger partial charge < -0.3 is 14.8 Å². The smallest absolute Gasteiger partial charge is 0.263 e. The summed E-state index contributed by atoms with van der Waals surface area (Å²) >= 11 is 1.33. The minimum absolute atomic E-state index is 0.174. The number of hydrogen-bond donors (Lipinski definition) is 1. The third-order valence-electron chi connectivity index (χ3n) is 3.81. The Morgan fingerprint density at radius 2 is 2.00 bits per heavy atom. The molecule has 0 saturated carbocycles. The molecule has 1 aromatic carbocycles. The Kier molecular flexibility index (Phi) is 5.48. The molecule has 0 unspecified atom stereocenters. The van der Waals surface area contributed by atoms with E-state index in [2.05, 4.69) is 15.3 Å². The lowest BCUT2D eigenvalue weighted by Crippen LogP contribution is -2.23. The molecular weight excluding hydrogens is 350 g/mol. The number of ether oxygens (including phenoxy) is 2. The van der Waals surface area contributed by atoms with Gasteiger partial charge in [-0.3, -0.25) is 9.78 Å². The maximum absolute atomic E-state index is 12.6. The van der Waals surface area contributed by atoms with Gasteiger partial charge in [0.2, 0.25) is 0 Å². The summed E-state index contributed by atoms with van der Waals surface area (Å²) in [4.78, 5) is 21.9. The molecule has 0 radical (unpaired) electrons. The van der Waals surface area contributed by atoms with E-state index in [1.807, 2.05) is 43.3 Å². The average molecular weight is 369 g/mol. The van der Waals surface area contributed by atoms with E-state index in [1.165, 1.54) is 11.3 Å². The number of amides is 1. The number of methoxy groups -OCH3 is 2. The first-order valence-corrected chi connectivity index (χ1v) is 8.82. The van der Waals surface area contributed by atoms with Crippen LogP contribution in [0.3, 0.4) is 0 Å². The van der Waals surface area contributed by atoms with Gasteiger partial charge in [-0.2, -0.15) is 0 Å². The molecule has 3 aromatic rings. The van der Waals surface area contributed by atoms with Gasteiger partial charge in [0.15, 0.2) is 11.5 Å². The number of benzene rings is 1. The van der Waals surface area contributed by atoms with E-state index >= 15 is 0 Å². The van der Waals surface area contributed by atoms with Crippen molar-refractivity contribution in [2.75, 3.05) is 14.2 Å². The quantitative estimate of drug-likeness (QED) is 0.720. The molecule has 0 spiro atoms. The fraction of sp³-hybridized carbons (Fsp3) is 0.211. The molecule has 3 rings (SSSR count). The molecule has 0 saturated heterocycles. The normalized spacial score (nSPS) is 10.4. The van der Waals surface area contributed by atoms with Gasteiger partial charge in [0.1, 0.15) is 9.88 Å². The Bertz CT molecular complexity index is 910. The number of hydrogen-bond acceptors (Lipinski definition) is 6. The molecule has 0 aliphatic rings. The topological polar surface area (TPSA) is 73.3 Å². The number of rotatable bonds is 6. The van der Waals surface area contributed by atoms with Crippen molar-refractivity contribution in [2.45, 2.75) is 13.5 Å². The molecule has 6 nitrogen and oxygen atoms in total. The van der Waals surface area contributed by atoms with Gasteiger partial charge in [-0.1, -0.05) is 18.2 Å². The molecule has 7 heteroatoms. The van der Waals surface area contributed by atoms with E-state index in [-0.39, 0.29) is 5.91 Å². The summed E-state index contributed by atoms with van der Waals surface area (Å²) in [5.41, 5.74) is 2.28. The zero-order chi connectivity index (χ0) is 18.5. The highest BCUT2D eigenvalue weighted by Gasteiger charge is 2.17. The van der Waals surface area contributed by atoms with Crippen molar-refractivity contribution in [1.82, 2.24) is 15.3 Å². The number of aryl methyl sites for hydroxylation is 1. The second-order valence-electron chi connectivity index (χ2n) is 5.48. The fourth-order valence-corrected chi connectivity index (χ4v) is 3.51. The highest BCUT2D eigenvalue weighted by Crippen LogP contribution is 2.31. The predicted molar refractivity (Wildman–Crippen MR) is 101 cm³/mol. The molecular formula is C19H19N3O3S. The lowest BCUT2D eigenvalue weighted by atomic mass is 10.2. The summed E-state index contributed by atoms with van der Waals surface area (Å²) < 4.78 is 10.7. The van der Waals surface area contributed by atoms with E-state index < -0.39 is 0 Å². The molecule has 26 heavy (non-hydrogen) atoms. The SMILES string of the molecule is COc1cccc(CNC(=O)c2sc(-c3ccccn3)nc2C)c1OC. The molecule has 0 aliphatic heterocycles. The average Bonchev–Trinajstić information content (AvgIpc) is 3.08. The van der Waals surface area contributed by atoms with Crippen LogP contribution in [-0.4, -0.2) is 30.1 Å². The van der Waals surface area contributed by atoms with Gasteiger partial charge in [0, 0.05) is 18.3 Å². The van der Waals surface area contributed by atoms with E-state index in [0.717, 1.165) is 16.3 Å². The number of pyridine rings is 1. The largest absolute Gasteiger partial charge is 0.493 e. The number of nitrogens with zero attached hydrogens (tertiary/aromatic N) is 2. The second kappa shape index (κ2) is 7.97. The number of nitrogens with one attached hydrogen (secondary N) is 1. The number of carbonyl (C=O) groups is 1. The molecule has 0 aliphatic carbocycles. The van der Waals surface area contributed by atoms with Gasteiger partial charge in [-0.05, 0) is 25.1 Å². The third kappa shape index (κ3) is 3.67. The standard InChI is InChI=1S/C19H19N3O3S/c1-12-17(26-19(22-12)14-8-4-5-10-20-14)18(23)21-11-13-7-6-9-15(24-2)16(13)25-3/h4-10H,11H2,1-3H3,(H,21,23). The third-order valence-corrected chi connectivity index (χ3v) is 4.99. The molecule has 0 atom stereocenters. The Labute approximate surface area is 155 Å². The van der Waals surface area contributed by atoms with Gasteiger partial charge in [0.05, 0.1) is 25.6 Å². The highest BCUT2D eigenvalue weighted by molar-refractivity contribution is 7.17. The van der Waals surface area contributed by atoms with Gasteiger partial charge in [-0.25, -0.2) is 4.98 Å². The van der Waals surface area contributed by atoms with Crippen LogP contribution in [0.25, 0.3) is 10.7 Å². The lowest BCUT2D eigenvalue weighted by Gasteiger charge is -2.12. The van der Waals surface area contributed by atoms with Crippen LogP contribution in [0.1, 0.15) is 20.9 Å². The zero-order valence-corrected chi connectivity index (χ0v) is 15.6. The van der Waals surface area contributed by atoms with E-state index in [1.54, 1.807) is 20.4 Å². The van der Waals surface area contributed by atoms with Crippen LogP contribution in [0.2, 0.25) is 0 Å². The van der Waals surface area contributed by atoms with E-state index in [4.69, 9.17) is 9.47 Å². The molecule has 0 fully saturated rings. The first-order chi connectivity index (χ1) is 12.6. The maximum Gasteiger partial charge on any atom is 0.263 e. The lowest BCUT2D eigenvalue weighted by molar-refractivity contribution is 0.0954. The van der Waals surface area contributed by atoms with Crippen molar-refractivity contribution in [3.8, 4) is 22.2 Å². The molecule has 2 aromatic heterocycles. The second-order valence-corrected chi connectivity index (χ2v) is 6.48. The van der Waals surface area contributed by atoms with Crippen molar-refractivity contribution in [1.29, 1.82) is 0 Å². The zero-order valence-electron chi connectivity index (χ0n) is 14.8. The van der Waals surface area contributed by atoms with E-state index in [9.17, 15) is 4.79 Å². The summed E-state index contributed by atoms with van der Waals surface area (Å²) in [5, 5.41) is 3.65. The van der Waals surface area contributed by atoms with Crippen LogP contribution in [0.5, 0.6) is 11.5 Å². The van der Waals surface area contributed by atoms with Crippen molar-refractivity contribution < 1.29 is 14.3 Å². The van der Waals surface area contributed by atoms with Crippen LogP contribution >= 0.6 is 11.3 Å². The minimum atomic E-state index is -0.174. The van der Waals surface area contributed by atoms with Crippen molar-refractivity contribution in [2.24, 2.45) is 0 Å². The van der Waals surface area contributed by atoms with Crippen LogP contribution in [0, 0.1) is 6.92 Å². The van der Waals surface area contributed by atoms with Crippen LogP contribution in [-0.2, 0) is 6.54 Å². The van der Waals surface area contributed by atoms with Gasteiger partial charge >= 0.3 is 0 Å². The molecule has 2 heterocycles. The van der Waals surface area contributed by atoms with Crippen LogP contribution < -0.4 is 14.8 Å². The summed E-state index contributed by atoms with van der Waals surface area (Å²) in [7, 11) is 3.16. The highest BCUT2D eigenvalue weighted by atomic mass is 32.1. The van der Waals surface area contributed by atoms with Gasteiger partial charge in [0.25, 0.3) is 5.91 Å². The maximum atomic E-state index is 12.6. The monoisotopic (exact) mass is 369 g/mol. The Morgan fingerprint density at radius 3 is 2.69 bits per heavy atom. The van der Waals surface area contributed by atoms with Crippen LogP contribution in [0.4, 0.5) is 0 Å². The number of carbonyl (C=O) groups excluding carboxylic acids is 1. The predicted octanol–water partition coefficient (Wildman–Crippen LogP) is 3.46. The summed E-state index contributed by atoms with van der Waals surface area (Å²) in [5.74, 6) is 1.07. The number of thiazole rings is 1. The summed E-state index contributed by atoms with van der Waals surface area (Å²) in [6.07, 6.45) is 1.71. The van der Waals surface area contributed by atoms with Crippen molar-refractivity contribution in [3.63, 3.8) is 0 Å². The van der Waals surface area contributed by atoms with Crippen molar-refractivity contribution >= 4 is 17.2 Å². The van der Waals surface area contributed by atoms with Crippen molar-refractivity contribution in [3.05, 3.63) is 58.7 Å². The van der Waals surface area contributed by atoms with Crippen LogP contribution in [0.15, 0.2) is 42.6 Å². The summed E-state index contributed by atoms with van der Waals surface area (Å²) in [6.45, 7) is 2.15. The molecule has 1 amide bonds. The molecule has 0 bridgehead atoms. The Hall–Kier alpha value is -2.93. The number of aromatic nitrogens is 2.